The molecule has 132 valence electrons. The Labute approximate surface area is 157 Å². The number of nitrogens with one attached hydrogen (secondary N) is 2. The first-order valence-electron chi connectivity index (χ1n) is 8.02. The molecule has 1 aromatic heterocycles. The Kier molecular flexibility index (Phi) is 11.7. The van der Waals surface area contributed by atoms with Crippen molar-refractivity contribution in [2.75, 3.05) is 13.1 Å². The van der Waals surface area contributed by atoms with Crippen molar-refractivity contribution in [2.45, 2.75) is 46.6 Å². The first-order chi connectivity index (χ1) is 10.5. The van der Waals surface area contributed by atoms with E-state index in [1.54, 1.807) is 0 Å². The molecule has 0 aliphatic carbocycles. The molecule has 1 heterocycles. The molecule has 0 aliphatic rings. The van der Waals surface area contributed by atoms with Gasteiger partial charge >= 0.3 is 0 Å². The van der Waals surface area contributed by atoms with E-state index < -0.39 is 0 Å². The maximum absolute atomic E-state index is 4.56. The van der Waals surface area contributed by atoms with E-state index in [1.165, 1.54) is 12.8 Å². The van der Waals surface area contributed by atoms with Crippen molar-refractivity contribution in [1.82, 2.24) is 25.4 Å². The molecule has 1 aromatic rings. The summed E-state index contributed by atoms with van der Waals surface area (Å²) in [4.78, 5) is 4.56. The highest BCUT2D eigenvalue weighted by molar-refractivity contribution is 14.0. The zero-order chi connectivity index (χ0) is 16.4. The summed E-state index contributed by atoms with van der Waals surface area (Å²) in [5, 5.41) is 14.8. The van der Waals surface area contributed by atoms with Gasteiger partial charge in [-0.1, -0.05) is 32.8 Å². The Morgan fingerprint density at radius 2 is 2.04 bits per heavy atom. The first-order valence-corrected chi connectivity index (χ1v) is 8.02. The van der Waals surface area contributed by atoms with Crippen LogP contribution in [0.1, 0.15) is 44.8 Å². The SMILES string of the molecule is C=CCNC(=NCc1nnc(C)n1C)NCCCCC(C)C.I. The van der Waals surface area contributed by atoms with E-state index in [9.17, 15) is 0 Å². The van der Waals surface area contributed by atoms with E-state index in [0.29, 0.717) is 13.1 Å². The standard InChI is InChI=1S/C16H30N6.HI/c1-6-10-17-16(18-11-8-7-9-13(2)3)19-12-15-21-20-14(4)22(15)5;/h6,13H,1,7-12H2,2-5H3,(H2,17,18,19);1H. The summed E-state index contributed by atoms with van der Waals surface area (Å²) < 4.78 is 1.96. The fourth-order valence-corrected chi connectivity index (χ4v) is 1.97. The summed E-state index contributed by atoms with van der Waals surface area (Å²) in [6.45, 7) is 12.3. The molecular weight excluding hydrogens is 403 g/mol. The molecule has 0 spiro atoms. The molecule has 7 heteroatoms. The molecule has 0 fully saturated rings. The lowest BCUT2D eigenvalue weighted by Gasteiger charge is -2.11. The summed E-state index contributed by atoms with van der Waals surface area (Å²) in [6, 6.07) is 0. The zero-order valence-corrected chi connectivity index (χ0v) is 17.1. The van der Waals surface area contributed by atoms with Crippen molar-refractivity contribution in [2.24, 2.45) is 18.0 Å². The summed E-state index contributed by atoms with van der Waals surface area (Å²) in [5.41, 5.74) is 0. The first kappa shape index (κ1) is 21.9. The van der Waals surface area contributed by atoms with Gasteiger partial charge in [-0.3, -0.25) is 0 Å². The van der Waals surface area contributed by atoms with E-state index in [2.05, 4.69) is 46.2 Å². The predicted molar refractivity (Wildman–Crippen MR) is 107 cm³/mol. The molecule has 2 N–H and O–H groups in total. The quantitative estimate of drug-likeness (QED) is 0.206. The zero-order valence-electron chi connectivity index (χ0n) is 14.8. The minimum Gasteiger partial charge on any atom is -0.356 e. The fourth-order valence-electron chi connectivity index (χ4n) is 1.97. The molecule has 0 radical (unpaired) electrons. The fraction of sp³-hybridized carbons (Fsp3) is 0.688. The van der Waals surface area contributed by atoms with Crippen LogP contribution in [0.15, 0.2) is 17.6 Å². The van der Waals surface area contributed by atoms with Crippen LogP contribution in [0.4, 0.5) is 0 Å². The van der Waals surface area contributed by atoms with Gasteiger partial charge in [0.1, 0.15) is 12.4 Å². The Morgan fingerprint density at radius 1 is 1.30 bits per heavy atom. The van der Waals surface area contributed by atoms with E-state index in [1.807, 2.05) is 24.6 Å². The number of hydrogen-bond donors (Lipinski definition) is 2. The smallest absolute Gasteiger partial charge is 0.191 e. The largest absolute Gasteiger partial charge is 0.356 e. The number of hydrogen-bond acceptors (Lipinski definition) is 3. The highest BCUT2D eigenvalue weighted by Gasteiger charge is 2.04. The molecule has 0 saturated carbocycles. The van der Waals surface area contributed by atoms with Crippen molar-refractivity contribution in [1.29, 1.82) is 0 Å². The van der Waals surface area contributed by atoms with Gasteiger partial charge < -0.3 is 15.2 Å². The number of guanidine groups is 1. The second-order valence-corrected chi connectivity index (χ2v) is 5.87. The summed E-state index contributed by atoms with van der Waals surface area (Å²) >= 11 is 0. The second kappa shape index (κ2) is 12.3. The number of rotatable bonds is 9. The average molecular weight is 434 g/mol. The highest BCUT2D eigenvalue weighted by atomic mass is 127. The summed E-state index contributed by atoms with van der Waals surface area (Å²) in [7, 11) is 1.95. The van der Waals surface area contributed by atoms with Gasteiger partial charge in [0.05, 0.1) is 0 Å². The van der Waals surface area contributed by atoms with Gasteiger partial charge in [0.2, 0.25) is 0 Å². The van der Waals surface area contributed by atoms with E-state index in [4.69, 9.17) is 0 Å². The second-order valence-electron chi connectivity index (χ2n) is 5.87. The van der Waals surface area contributed by atoms with Crippen LogP contribution in [0, 0.1) is 12.8 Å². The van der Waals surface area contributed by atoms with Gasteiger partial charge in [-0.2, -0.15) is 0 Å². The van der Waals surface area contributed by atoms with Crippen LogP contribution in [0.3, 0.4) is 0 Å². The molecule has 0 amide bonds. The third kappa shape index (κ3) is 8.92. The third-order valence-corrected chi connectivity index (χ3v) is 3.48. The Hall–Kier alpha value is -1.12. The van der Waals surface area contributed by atoms with Gasteiger partial charge in [0, 0.05) is 20.1 Å². The van der Waals surface area contributed by atoms with Gasteiger partial charge in [-0.15, -0.1) is 40.8 Å². The average Bonchev–Trinajstić information content (AvgIpc) is 2.80. The summed E-state index contributed by atoms with van der Waals surface area (Å²) in [5.74, 6) is 3.32. The molecular formula is C16H31IN6. The topological polar surface area (TPSA) is 67.1 Å². The van der Waals surface area contributed by atoms with Crippen LogP contribution >= 0.6 is 24.0 Å². The van der Waals surface area contributed by atoms with Crippen LogP contribution in [0.25, 0.3) is 0 Å². The molecule has 6 nitrogen and oxygen atoms in total. The maximum atomic E-state index is 4.56. The molecule has 0 aliphatic heterocycles. The maximum Gasteiger partial charge on any atom is 0.191 e. The van der Waals surface area contributed by atoms with Gasteiger partial charge in [0.15, 0.2) is 11.8 Å². The van der Waals surface area contributed by atoms with Gasteiger partial charge in [-0.25, -0.2) is 4.99 Å². The lowest BCUT2D eigenvalue weighted by atomic mass is 10.1. The van der Waals surface area contributed by atoms with Crippen molar-refractivity contribution in [3.8, 4) is 0 Å². The van der Waals surface area contributed by atoms with E-state index >= 15 is 0 Å². The van der Waals surface area contributed by atoms with Crippen LogP contribution in [-0.2, 0) is 13.6 Å². The Balaban J connectivity index is 0.00000484. The molecule has 0 unspecified atom stereocenters. The molecule has 0 atom stereocenters. The van der Waals surface area contributed by atoms with Gasteiger partial charge in [-0.05, 0) is 19.3 Å². The van der Waals surface area contributed by atoms with Crippen molar-refractivity contribution in [3.05, 3.63) is 24.3 Å². The number of aromatic nitrogens is 3. The summed E-state index contributed by atoms with van der Waals surface area (Å²) in [6.07, 6.45) is 5.48. The molecule has 0 saturated heterocycles. The minimum atomic E-state index is 0. The lowest BCUT2D eigenvalue weighted by molar-refractivity contribution is 0.534. The number of unbranched alkanes of at least 4 members (excludes halogenated alkanes) is 1. The van der Waals surface area contributed by atoms with Crippen LogP contribution in [0.5, 0.6) is 0 Å². The number of aryl methyl sites for hydroxylation is 1. The lowest BCUT2D eigenvalue weighted by Crippen LogP contribution is -2.38. The number of halogens is 1. The van der Waals surface area contributed by atoms with Crippen LogP contribution in [0.2, 0.25) is 0 Å². The Bertz CT molecular complexity index is 481. The number of nitrogens with zero attached hydrogens (tertiary/aromatic N) is 4. The highest BCUT2D eigenvalue weighted by Crippen LogP contribution is 2.05. The van der Waals surface area contributed by atoms with Crippen molar-refractivity contribution in [3.63, 3.8) is 0 Å². The monoisotopic (exact) mass is 434 g/mol. The van der Waals surface area contributed by atoms with Crippen molar-refractivity contribution < 1.29 is 0 Å². The third-order valence-electron chi connectivity index (χ3n) is 3.48. The molecule has 0 aromatic carbocycles. The van der Waals surface area contributed by atoms with Crippen LogP contribution < -0.4 is 10.6 Å². The van der Waals surface area contributed by atoms with E-state index in [0.717, 1.165) is 36.5 Å². The van der Waals surface area contributed by atoms with Crippen molar-refractivity contribution >= 4 is 29.9 Å². The normalized spacial score (nSPS) is 11.3. The Morgan fingerprint density at radius 3 is 2.61 bits per heavy atom. The van der Waals surface area contributed by atoms with Crippen LogP contribution in [-0.4, -0.2) is 33.8 Å². The number of aliphatic imine (C=N–C) groups is 1. The van der Waals surface area contributed by atoms with E-state index in [-0.39, 0.29) is 24.0 Å². The minimum absolute atomic E-state index is 0. The molecule has 23 heavy (non-hydrogen) atoms. The molecule has 1 rings (SSSR count). The predicted octanol–water partition coefficient (Wildman–Crippen LogP) is 2.79. The van der Waals surface area contributed by atoms with Gasteiger partial charge in [0.25, 0.3) is 0 Å². The molecule has 0 bridgehead atoms.